The van der Waals surface area contributed by atoms with E-state index in [9.17, 15) is 14.4 Å². The molecule has 1 aliphatic heterocycles. The molecule has 0 spiro atoms. The summed E-state index contributed by atoms with van der Waals surface area (Å²) in [4.78, 5) is 37.6. The molecule has 0 aliphatic carbocycles. The Kier molecular flexibility index (Phi) is 6.56. The first-order chi connectivity index (χ1) is 14.0. The molecule has 29 heavy (non-hydrogen) atoms. The predicted octanol–water partition coefficient (Wildman–Crippen LogP) is 3.77. The Labute approximate surface area is 172 Å². The van der Waals surface area contributed by atoms with Crippen molar-refractivity contribution in [2.45, 2.75) is 6.92 Å². The highest BCUT2D eigenvalue weighted by Crippen LogP contribution is 2.34. The zero-order chi connectivity index (χ0) is 20.8. The maximum Gasteiger partial charge on any atom is 0.293 e. The average molecular weight is 412 g/mol. The second kappa shape index (κ2) is 9.29. The maximum absolute atomic E-state index is 12.2. The van der Waals surface area contributed by atoms with E-state index >= 15 is 0 Å². The molecule has 0 radical (unpaired) electrons. The maximum atomic E-state index is 12.2. The van der Waals surface area contributed by atoms with Crippen molar-refractivity contribution < 1.29 is 23.9 Å². The number of hydrogen-bond acceptors (Lipinski definition) is 6. The van der Waals surface area contributed by atoms with Crippen molar-refractivity contribution in [2.75, 3.05) is 25.6 Å². The zero-order valence-corrected chi connectivity index (χ0v) is 16.8. The molecule has 8 heteroatoms. The molecule has 3 rings (SSSR count). The third-order valence-corrected chi connectivity index (χ3v) is 5.00. The zero-order valence-electron chi connectivity index (χ0n) is 16.0. The number of anilines is 1. The highest BCUT2D eigenvalue weighted by atomic mass is 32.2. The van der Waals surface area contributed by atoms with Gasteiger partial charge < -0.3 is 14.8 Å². The van der Waals surface area contributed by atoms with Gasteiger partial charge in [0.15, 0.2) is 18.1 Å². The van der Waals surface area contributed by atoms with Gasteiger partial charge in [0.2, 0.25) is 0 Å². The summed E-state index contributed by atoms with van der Waals surface area (Å²) in [5.41, 5.74) is 1.37. The molecule has 1 saturated heterocycles. The summed E-state index contributed by atoms with van der Waals surface area (Å²) in [5, 5.41) is 2.46. The van der Waals surface area contributed by atoms with Crippen LogP contribution in [0.3, 0.4) is 0 Å². The van der Waals surface area contributed by atoms with Crippen LogP contribution in [0.2, 0.25) is 0 Å². The Balaban J connectivity index is 1.68. The first-order valence-corrected chi connectivity index (χ1v) is 9.74. The molecule has 0 aromatic heterocycles. The lowest BCUT2D eigenvalue weighted by Crippen LogP contribution is -2.27. The van der Waals surface area contributed by atoms with Gasteiger partial charge in [-0.3, -0.25) is 19.3 Å². The summed E-state index contributed by atoms with van der Waals surface area (Å²) in [6.07, 6.45) is 1.63. The summed E-state index contributed by atoms with van der Waals surface area (Å²) < 4.78 is 10.9. The number of likely N-dealkylation sites (N-methyl/N-ethyl adjacent to an activating group) is 1. The Morgan fingerprint density at radius 1 is 1.14 bits per heavy atom. The highest BCUT2D eigenvalue weighted by Gasteiger charge is 2.33. The minimum Gasteiger partial charge on any atom is -0.493 e. The van der Waals surface area contributed by atoms with Crippen molar-refractivity contribution in [3.8, 4) is 11.5 Å². The Morgan fingerprint density at radius 3 is 2.55 bits per heavy atom. The monoisotopic (exact) mass is 412 g/mol. The van der Waals surface area contributed by atoms with Crippen molar-refractivity contribution in [1.82, 2.24) is 4.90 Å². The van der Waals surface area contributed by atoms with Crippen LogP contribution >= 0.6 is 11.8 Å². The number of benzene rings is 2. The number of carbonyl (C=O) groups excluding carboxylic acids is 3. The number of imide groups is 1. The molecular formula is C21H20N2O5S. The minimum absolute atomic E-state index is 0.181. The fourth-order valence-electron chi connectivity index (χ4n) is 2.68. The fraction of sp³-hybridized carbons (Fsp3) is 0.190. The van der Waals surface area contributed by atoms with E-state index in [1.807, 2.05) is 18.2 Å². The highest BCUT2D eigenvalue weighted by molar-refractivity contribution is 8.18. The molecule has 1 heterocycles. The fourth-order valence-corrected chi connectivity index (χ4v) is 3.58. The van der Waals surface area contributed by atoms with E-state index in [0.29, 0.717) is 34.2 Å². The second-order valence-electron chi connectivity index (χ2n) is 6.04. The molecule has 2 aromatic carbocycles. The first-order valence-electron chi connectivity index (χ1n) is 8.93. The number of ether oxygens (including phenoxy) is 2. The van der Waals surface area contributed by atoms with Gasteiger partial charge in [-0.25, -0.2) is 0 Å². The number of amides is 3. The molecule has 0 bridgehead atoms. The van der Waals surface area contributed by atoms with E-state index < -0.39 is 0 Å². The number of carbonyl (C=O) groups is 3. The van der Waals surface area contributed by atoms with Gasteiger partial charge in [-0.2, -0.15) is 0 Å². The van der Waals surface area contributed by atoms with Crippen molar-refractivity contribution in [3.05, 3.63) is 59.0 Å². The van der Waals surface area contributed by atoms with Gasteiger partial charge in [0.05, 0.1) is 12.0 Å². The number of thioether (sulfide) groups is 1. The third kappa shape index (κ3) is 4.97. The smallest absolute Gasteiger partial charge is 0.293 e. The standard InChI is InChI=1S/C21H20N2O5S/c1-3-23-20(25)18(29-21(23)26)12-14-9-10-16(17(11-14)27-2)28-13-19(24)22-15-7-5-4-6-8-15/h4-12H,3,13H2,1-2H3,(H,22,24). The van der Waals surface area contributed by atoms with E-state index in [4.69, 9.17) is 9.47 Å². The Morgan fingerprint density at radius 2 is 1.90 bits per heavy atom. The van der Waals surface area contributed by atoms with Crippen molar-refractivity contribution in [2.24, 2.45) is 0 Å². The predicted molar refractivity (Wildman–Crippen MR) is 112 cm³/mol. The second-order valence-corrected chi connectivity index (χ2v) is 7.03. The van der Waals surface area contributed by atoms with Gasteiger partial charge >= 0.3 is 0 Å². The van der Waals surface area contributed by atoms with Crippen LogP contribution in [0.25, 0.3) is 6.08 Å². The quantitative estimate of drug-likeness (QED) is 0.697. The van der Waals surface area contributed by atoms with Gasteiger partial charge in [0.1, 0.15) is 0 Å². The summed E-state index contributed by atoms with van der Waals surface area (Å²) >= 11 is 0.907. The van der Waals surface area contributed by atoms with Crippen LogP contribution in [0.15, 0.2) is 53.4 Å². The number of nitrogens with zero attached hydrogens (tertiary/aromatic N) is 1. The van der Waals surface area contributed by atoms with E-state index in [1.54, 1.807) is 43.3 Å². The molecule has 1 fully saturated rings. The molecule has 1 aliphatic rings. The van der Waals surface area contributed by atoms with Gasteiger partial charge in [-0.1, -0.05) is 24.3 Å². The van der Waals surface area contributed by atoms with Gasteiger partial charge in [-0.15, -0.1) is 0 Å². The van der Waals surface area contributed by atoms with Crippen molar-refractivity contribution >= 4 is 40.6 Å². The Bertz CT molecular complexity index is 959. The van der Waals surface area contributed by atoms with Crippen LogP contribution < -0.4 is 14.8 Å². The van der Waals surface area contributed by atoms with E-state index in [2.05, 4.69) is 5.32 Å². The normalized spacial score (nSPS) is 15.0. The van der Waals surface area contributed by atoms with Gasteiger partial charge in [0.25, 0.3) is 17.1 Å². The van der Waals surface area contributed by atoms with Crippen LogP contribution in [-0.2, 0) is 9.59 Å². The largest absolute Gasteiger partial charge is 0.493 e. The molecular weight excluding hydrogens is 392 g/mol. The number of nitrogens with one attached hydrogen (secondary N) is 1. The molecule has 150 valence electrons. The average Bonchev–Trinajstić information content (AvgIpc) is 2.99. The molecule has 7 nitrogen and oxygen atoms in total. The minimum atomic E-state index is -0.306. The lowest BCUT2D eigenvalue weighted by molar-refractivity contribution is -0.122. The van der Waals surface area contributed by atoms with Crippen LogP contribution in [0, 0.1) is 0 Å². The van der Waals surface area contributed by atoms with Gasteiger partial charge in [-0.05, 0) is 54.6 Å². The summed E-state index contributed by atoms with van der Waals surface area (Å²) in [7, 11) is 1.49. The molecule has 0 unspecified atom stereocenters. The summed E-state index contributed by atoms with van der Waals surface area (Å²) in [5.74, 6) is 0.213. The van der Waals surface area contributed by atoms with E-state index in [1.165, 1.54) is 12.0 Å². The molecule has 0 atom stereocenters. The SMILES string of the molecule is CCN1C(=O)SC(=Cc2ccc(OCC(=O)Nc3ccccc3)c(OC)c2)C1=O. The lowest BCUT2D eigenvalue weighted by Gasteiger charge is -2.12. The molecule has 0 saturated carbocycles. The topological polar surface area (TPSA) is 84.9 Å². The summed E-state index contributed by atoms with van der Waals surface area (Å²) in [6.45, 7) is 1.91. The Hall–Kier alpha value is -3.26. The first kappa shape index (κ1) is 20.5. The molecule has 3 amide bonds. The van der Waals surface area contributed by atoms with Crippen LogP contribution in [-0.4, -0.2) is 42.2 Å². The number of rotatable bonds is 7. The van der Waals surface area contributed by atoms with E-state index in [0.717, 1.165) is 11.8 Å². The van der Waals surface area contributed by atoms with E-state index in [-0.39, 0.29) is 23.7 Å². The third-order valence-electron chi connectivity index (χ3n) is 4.09. The molecule has 1 N–H and O–H groups in total. The van der Waals surface area contributed by atoms with Crippen molar-refractivity contribution in [1.29, 1.82) is 0 Å². The lowest BCUT2D eigenvalue weighted by atomic mass is 10.2. The number of hydrogen-bond donors (Lipinski definition) is 1. The van der Waals surface area contributed by atoms with Crippen LogP contribution in [0.1, 0.15) is 12.5 Å². The molecule has 2 aromatic rings. The number of methoxy groups -OCH3 is 1. The van der Waals surface area contributed by atoms with Crippen LogP contribution in [0.5, 0.6) is 11.5 Å². The van der Waals surface area contributed by atoms with Crippen molar-refractivity contribution in [3.63, 3.8) is 0 Å². The van der Waals surface area contributed by atoms with Crippen LogP contribution in [0.4, 0.5) is 10.5 Å². The number of para-hydroxylation sites is 1. The summed E-state index contributed by atoms with van der Waals surface area (Å²) in [6, 6.07) is 14.2. The van der Waals surface area contributed by atoms with Gasteiger partial charge in [0, 0.05) is 12.2 Å².